The van der Waals surface area contributed by atoms with Crippen molar-refractivity contribution in [3.8, 4) is 0 Å². The molecular formula is C10H13F3N4O2. The van der Waals surface area contributed by atoms with Crippen LogP contribution in [0.25, 0.3) is 0 Å². The van der Waals surface area contributed by atoms with E-state index in [2.05, 4.69) is 10.2 Å². The molecule has 0 radical (unpaired) electrons. The summed E-state index contributed by atoms with van der Waals surface area (Å²) in [5.74, 6) is -0.918. The molecule has 6 nitrogen and oxygen atoms in total. The topological polar surface area (TPSA) is 60.2 Å². The first-order valence-corrected chi connectivity index (χ1v) is 5.74. The highest BCUT2D eigenvalue weighted by atomic mass is 19.4. The molecule has 0 fully saturated rings. The van der Waals surface area contributed by atoms with Crippen molar-refractivity contribution in [1.29, 1.82) is 0 Å². The van der Waals surface area contributed by atoms with Crippen LogP contribution in [0.5, 0.6) is 0 Å². The number of hydrogen-bond acceptors (Lipinski definition) is 4. The van der Waals surface area contributed by atoms with Gasteiger partial charge in [-0.15, -0.1) is 10.2 Å². The van der Waals surface area contributed by atoms with Crippen LogP contribution in [0, 0.1) is 0 Å². The monoisotopic (exact) mass is 278 g/mol. The average Bonchev–Trinajstić information content (AvgIpc) is 2.69. The first-order chi connectivity index (χ1) is 8.79. The maximum absolute atomic E-state index is 12.6. The molecule has 1 aromatic heterocycles. The Morgan fingerprint density at radius 3 is 2.58 bits per heavy atom. The molecule has 0 N–H and O–H groups in total. The lowest BCUT2D eigenvalue weighted by atomic mass is 10.3. The number of rotatable bonds is 1. The van der Waals surface area contributed by atoms with Crippen molar-refractivity contribution < 1.29 is 22.7 Å². The summed E-state index contributed by atoms with van der Waals surface area (Å²) in [5, 5.41) is 6.61. The summed E-state index contributed by atoms with van der Waals surface area (Å²) >= 11 is 0. The molecule has 0 saturated heterocycles. The quantitative estimate of drug-likeness (QED) is 0.783. The van der Waals surface area contributed by atoms with Crippen molar-refractivity contribution in [2.75, 3.05) is 6.54 Å². The van der Waals surface area contributed by atoms with Gasteiger partial charge in [-0.3, -0.25) is 4.90 Å². The fraction of sp³-hybridized carbons (Fsp3) is 0.700. The highest BCUT2D eigenvalue weighted by molar-refractivity contribution is 5.67. The highest BCUT2D eigenvalue weighted by Crippen LogP contribution is 2.29. The SMILES string of the molecule is CC(C)OC(=O)N1CCn2c(nnc2C(F)(F)F)C1. The Hall–Kier alpha value is -1.80. The first-order valence-electron chi connectivity index (χ1n) is 5.74. The summed E-state index contributed by atoms with van der Waals surface area (Å²) in [5.41, 5.74) is 0. The minimum Gasteiger partial charge on any atom is -0.447 e. The second-order valence-corrected chi connectivity index (χ2v) is 4.44. The number of carbonyl (C=O) groups excluding carboxylic acids is 1. The summed E-state index contributed by atoms with van der Waals surface area (Å²) in [4.78, 5) is 13.0. The third kappa shape index (κ3) is 2.79. The van der Waals surface area contributed by atoms with Gasteiger partial charge in [-0.25, -0.2) is 4.79 Å². The summed E-state index contributed by atoms with van der Waals surface area (Å²) in [6.07, 6.45) is -5.37. The molecule has 0 spiro atoms. The van der Waals surface area contributed by atoms with Crippen LogP contribution in [-0.4, -0.2) is 38.4 Å². The van der Waals surface area contributed by atoms with E-state index in [1.807, 2.05) is 0 Å². The molecule has 106 valence electrons. The molecule has 19 heavy (non-hydrogen) atoms. The zero-order chi connectivity index (χ0) is 14.2. The standard InChI is InChI=1S/C10H13F3N4O2/c1-6(2)19-9(18)16-3-4-17-7(5-16)14-15-8(17)10(11,12)13/h6H,3-5H2,1-2H3. The number of fused-ring (bicyclic) bond motifs is 1. The molecule has 2 rings (SSSR count). The van der Waals surface area contributed by atoms with E-state index in [0.717, 1.165) is 4.57 Å². The van der Waals surface area contributed by atoms with Crippen molar-refractivity contribution in [2.45, 2.75) is 39.2 Å². The molecule has 0 aromatic carbocycles. The zero-order valence-electron chi connectivity index (χ0n) is 10.4. The van der Waals surface area contributed by atoms with Gasteiger partial charge >= 0.3 is 12.3 Å². The Morgan fingerprint density at radius 2 is 2.00 bits per heavy atom. The van der Waals surface area contributed by atoms with Crippen molar-refractivity contribution in [1.82, 2.24) is 19.7 Å². The van der Waals surface area contributed by atoms with E-state index in [1.165, 1.54) is 4.90 Å². The van der Waals surface area contributed by atoms with Crippen LogP contribution in [0.1, 0.15) is 25.5 Å². The van der Waals surface area contributed by atoms with Gasteiger partial charge in [0.05, 0.1) is 12.6 Å². The summed E-state index contributed by atoms with van der Waals surface area (Å²) < 4.78 is 43.8. The number of amides is 1. The third-order valence-corrected chi connectivity index (χ3v) is 2.60. The summed E-state index contributed by atoms with van der Waals surface area (Å²) in [7, 11) is 0. The van der Waals surface area contributed by atoms with Crippen molar-refractivity contribution in [3.63, 3.8) is 0 Å². The Labute approximate surface area is 107 Å². The Balaban J connectivity index is 2.14. The molecule has 2 heterocycles. The minimum absolute atomic E-state index is 0.00434. The van der Waals surface area contributed by atoms with Gasteiger partial charge in [0.15, 0.2) is 5.82 Å². The number of hydrogen-bond donors (Lipinski definition) is 0. The Kier molecular flexibility index (Phi) is 3.38. The van der Waals surface area contributed by atoms with Gasteiger partial charge in [0, 0.05) is 13.1 Å². The smallest absolute Gasteiger partial charge is 0.447 e. The van der Waals surface area contributed by atoms with Crippen LogP contribution in [0.4, 0.5) is 18.0 Å². The van der Waals surface area contributed by atoms with Crippen LogP contribution >= 0.6 is 0 Å². The van der Waals surface area contributed by atoms with Crippen LogP contribution < -0.4 is 0 Å². The fourth-order valence-electron chi connectivity index (χ4n) is 1.80. The van der Waals surface area contributed by atoms with Gasteiger partial charge in [-0.2, -0.15) is 13.2 Å². The molecule has 1 aliphatic rings. The molecule has 0 saturated carbocycles. The summed E-state index contributed by atoms with van der Waals surface area (Å²) in [6, 6.07) is 0. The van der Waals surface area contributed by atoms with Crippen LogP contribution in [0.3, 0.4) is 0 Å². The Morgan fingerprint density at radius 1 is 1.32 bits per heavy atom. The number of aromatic nitrogens is 3. The van der Waals surface area contributed by atoms with Crippen LogP contribution in [-0.2, 0) is 24.0 Å². The van der Waals surface area contributed by atoms with E-state index in [0.29, 0.717) is 0 Å². The van der Waals surface area contributed by atoms with Gasteiger partial charge < -0.3 is 9.30 Å². The number of carbonyl (C=O) groups is 1. The van der Waals surface area contributed by atoms with Gasteiger partial charge in [-0.05, 0) is 13.8 Å². The van der Waals surface area contributed by atoms with E-state index in [9.17, 15) is 18.0 Å². The van der Waals surface area contributed by atoms with Gasteiger partial charge in [0.2, 0.25) is 5.82 Å². The van der Waals surface area contributed by atoms with Gasteiger partial charge in [-0.1, -0.05) is 0 Å². The number of ether oxygens (including phenoxy) is 1. The molecule has 0 atom stereocenters. The first kappa shape index (κ1) is 13.6. The fourth-order valence-corrected chi connectivity index (χ4v) is 1.80. The largest absolute Gasteiger partial charge is 0.451 e. The lowest BCUT2D eigenvalue weighted by Crippen LogP contribution is -2.40. The lowest BCUT2D eigenvalue weighted by molar-refractivity contribution is -0.147. The molecular weight excluding hydrogens is 265 g/mol. The van der Waals surface area contributed by atoms with Crippen LogP contribution in [0.15, 0.2) is 0 Å². The molecule has 1 amide bonds. The Bertz CT molecular complexity index is 484. The predicted octanol–water partition coefficient (Wildman–Crippen LogP) is 1.66. The zero-order valence-corrected chi connectivity index (χ0v) is 10.4. The second kappa shape index (κ2) is 4.71. The normalized spacial score (nSPS) is 15.6. The average molecular weight is 278 g/mol. The van der Waals surface area contributed by atoms with Crippen LogP contribution in [0.2, 0.25) is 0 Å². The summed E-state index contributed by atoms with van der Waals surface area (Å²) in [6.45, 7) is 3.51. The van der Waals surface area contributed by atoms with Crippen molar-refractivity contribution in [2.24, 2.45) is 0 Å². The van der Waals surface area contributed by atoms with Crippen molar-refractivity contribution in [3.05, 3.63) is 11.6 Å². The molecule has 1 aliphatic heterocycles. The maximum Gasteiger partial charge on any atom is 0.451 e. The molecule has 0 aliphatic carbocycles. The third-order valence-electron chi connectivity index (χ3n) is 2.60. The predicted molar refractivity (Wildman–Crippen MR) is 57.1 cm³/mol. The molecule has 9 heteroatoms. The number of halogens is 3. The van der Waals surface area contributed by atoms with Gasteiger partial charge in [0.25, 0.3) is 0 Å². The lowest BCUT2D eigenvalue weighted by Gasteiger charge is -2.27. The van der Waals surface area contributed by atoms with E-state index in [4.69, 9.17) is 4.74 Å². The minimum atomic E-state index is -4.54. The van der Waals surface area contributed by atoms with E-state index in [1.54, 1.807) is 13.8 Å². The van der Waals surface area contributed by atoms with E-state index < -0.39 is 18.1 Å². The van der Waals surface area contributed by atoms with Crippen molar-refractivity contribution >= 4 is 6.09 Å². The van der Waals surface area contributed by atoms with Gasteiger partial charge in [0.1, 0.15) is 0 Å². The number of nitrogens with zero attached hydrogens (tertiary/aromatic N) is 4. The maximum atomic E-state index is 12.6. The number of alkyl halides is 3. The second-order valence-electron chi connectivity index (χ2n) is 4.44. The van der Waals surface area contributed by atoms with E-state index >= 15 is 0 Å². The molecule has 0 bridgehead atoms. The highest BCUT2D eigenvalue weighted by Gasteiger charge is 2.40. The molecule has 1 aromatic rings. The molecule has 0 unspecified atom stereocenters. The van der Waals surface area contributed by atoms with E-state index in [-0.39, 0.29) is 31.6 Å².